The van der Waals surface area contributed by atoms with Crippen LogP contribution >= 0.6 is 0 Å². The van der Waals surface area contributed by atoms with Crippen molar-refractivity contribution in [3.8, 4) is 0 Å². The van der Waals surface area contributed by atoms with Gasteiger partial charge >= 0.3 is 5.97 Å². The predicted molar refractivity (Wildman–Crippen MR) is 73.4 cm³/mol. The minimum absolute atomic E-state index is 0.228. The third-order valence-corrected chi connectivity index (χ3v) is 3.20. The number of nitrogens with one attached hydrogen (secondary N) is 1. The number of ether oxygens (including phenoxy) is 2. The largest absolute Gasteiger partial charge is 0.461 e. The lowest BCUT2D eigenvalue weighted by molar-refractivity contribution is 0.0509. The Kier molecular flexibility index (Phi) is 5.03. The van der Waals surface area contributed by atoms with Crippen molar-refractivity contribution in [2.45, 2.75) is 39.8 Å². The summed E-state index contributed by atoms with van der Waals surface area (Å²) >= 11 is 0. The van der Waals surface area contributed by atoms with E-state index in [0.717, 1.165) is 24.2 Å². The van der Waals surface area contributed by atoms with Crippen LogP contribution in [-0.4, -0.2) is 35.7 Å². The molecule has 0 spiro atoms. The molecule has 6 heteroatoms. The summed E-state index contributed by atoms with van der Waals surface area (Å²) in [5.41, 5.74) is 2.14. The van der Waals surface area contributed by atoms with Gasteiger partial charge in [0.15, 0.2) is 11.5 Å². The van der Waals surface area contributed by atoms with Crippen molar-refractivity contribution in [2.24, 2.45) is 0 Å². The number of carbonyl (C=O) groups is 1. The molecule has 110 valence electrons. The average Bonchev–Trinajstić information content (AvgIpc) is 2.46. The second-order valence-corrected chi connectivity index (χ2v) is 4.60. The third kappa shape index (κ3) is 3.13. The zero-order valence-corrected chi connectivity index (χ0v) is 12.2. The molecule has 0 aromatic carbocycles. The second kappa shape index (κ2) is 6.76. The van der Waals surface area contributed by atoms with Gasteiger partial charge in [0.1, 0.15) is 6.10 Å². The number of nitrogens with zero attached hydrogens (tertiary/aromatic N) is 2. The molecule has 0 fully saturated rings. The number of aromatic nitrogens is 2. The summed E-state index contributed by atoms with van der Waals surface area (Å²) < 4.78 is 10.6. The van der Waals surface area contributed by atoms with Gasteiger partial charge in [0.2, 0.25) is 0 Å². The molecule has 1 aliphatic heterocycles. The van der Waals surface area contributed by atoms with Gasteiger partial charge in [-0.3, -0.25) is 0 Å². The molecule has 6 nitrogen and oxygen atoms in total. The van der Waals surface area contributed by atoms with Gasteiger partial charge in [0.05, 0.1) is 12.3 Å². The molecule has 2 heterocycles. The van der Waals surface area contributed by atoms with Crippen molar-refractivity contribution in [2.75, 3.05) is 19.8 Å². The first-order valence-corrected chi connectivity index (χ1v) is 7.06. The van der Waals surface area contributed by atoms with E-state index in [4.69, 9.17) is 9.47 Å². The van der Waals surface area contributed by atoms with Crippen molar-refractivity contribution < 1.29 is 14.3 Å². The maximum Gasteiger partial charge on any atom is 0.357 e. The number of hydrogen-bond acceptors (Lipinski definition) is 6. The van der Waals surface area contributed by atoms with E-state index in [-0.39, 0.29) is 12.1 Å². The van der Waals surface area contributed by atoms with Crippen LogP contribution in [0, 0.1) is 0 Å². The maximum absolute atomic E-state index is 12.1. The molecule has 0 bridgehead atoms. The van der Waals surface area contributed by atoms with Crippen LogP contribution in [0.3, 0.4) is 0 Å². The third-order valence-electron chi connectivity index (χ3n) is 3.20. The molecule has 1 aliphatic rings. The second-order valence-electron chi connectivity index (χ2n) is 4.60. The first-order valence-electron chi connectivity index (χ1n) is 7.06. The molecule has 0 saturated carbocycles. The number of carbonyl (C=O) groups excluding carboxylic acids is 1. The van der Waals surface area contributed by atoms with Crippen molar-refractivity contribution in [3.63, 3.8) is 0 Å². The Morgan fingerprint density at radius 2 is 2.15 bits per heavy atom. The van der Waals surface area contributed by atoms with Crippen LogP contribution in [0.1, 0.15) is 54.4 Å². The van der Waals surface area contributed by atoms with E-state index in [1.165, 1.54) is 0 Å². The van der Waals surface area contributed by atoms with Gasteiger partial charge in [-0.15, -0.1) is 0 Å². The highest BCUT2D eigenvalue weighted by Crippen LogP contribution is 2.20. The summed E-state index contributed by atoms with van der Waals surface area (Å²) in [6.07, 6.45) is 0.559. The Bertz CT molecular complexity index is 491. The summed E-state index contributed by atoms with van der Waals surface area (Å²) in [5, 5.41) is 3.23. The maximum atomic E-state index is 12.1. The minimum Gasteiger partial charge on any atom is -0.461 e. The molecule has 1 N–H and O–H groups in total. The zero-order valence-electron chi connectivity index (χ0n) is 12.2. The quantitative estimate of drug-likeness (QED) is 0.821. The predicted octanol–water partition coefficient (Wildman–Crippen LogP) is 1.40. The molecule has 2 rings (SSSR count). The highest BCUT2D eigenvalue weighted by Gasteiger charge is 2.24. The Balaban J connectivity index is 2.41. The van der Waals surface area contributed by atoms with Crippen LogP contribution in [0.4, 0.5) is 0 Å². The van der Waals surface area contributed by atoms with Crippen molar-refractivity contribution in [1.29, 1.82) is 0 Å². The van der Waals surface area contributed by atoms with E-state index in [0.29, 0.717) is 31.3 Å². The van der Waals surface area contributed by atoms with E-state index < -0.39 is 0 Å². The zero-order chi connectivity index (χ0) is 14.5. The lowest BCUT2D eigenvalue weighted by Crippen LogP contribution is -2.29. The van der Waals surface area contributed by atoms with E-state index >= 15 is 0 Å². The average molecular weight is 279 g/mol. The standard InChI is InChI=1S/C14H21N3O3/c1-4-19-9(3)13-16-11-6-7-15-8-10(11)12(17-13)14(18)20-5-2/h9,15H,4-8H2,1-3H3. The molecule has 20 heavy (non-hydrogen) atoms. The summed E-state index contributed by atoms with van der Waals surface area (Å²) in [6, 6.07) is 0. The molecule has 1 aromatic rings. The van der Waals surface area contributed by atoms with Crippen molar-refractivity contribution in [3.05, 3.63) is 22.8 Å². The van der Waals surface area contributed by atoms with E-state index in [1.807, 2.05) is 13.8 Å². The van der Waals surface area contributed by atoms with Crippen LogP contribution in [0.5, 0.6) is 0 Å². The first kappa shape index (κ1) is 14.9. The Labute approximate surface area is 118 Å². The summed E-state index contributed by atoms with van der Waals surface area (Å²) in [5.74, 6) is 0.162. The molecule has 1 atom stereocenters. The van der Waals surface area contributed by atoms with Crippen LogP contribution < -0.4 is 5.32 Å². The van der Waals surface area contributed by atoms with Gasteiger partial charge in [-0.05, 0) is 20.8 Å². The van der Waals surface area contributed by atoms with E-state index in [2.05, 4.69) is 15.3 Å². The van der Waals surface area contributed by atoms with Crippen molar-refractivity contribution >= 4 is 5.97 Å². The highest BCUT2D eigenvalue weighted by molar-refractivity contribution is 5.89. The summed E-state index contributed by atoms with van der Waals surface area (Å²) in [4.78, 5) is 21.0. The molecule has 0 amide bonds. The molecule has 0 radical (unpaired) electrons. The smallest absolute Gasteiger partial charge is 0.357 e. The van der Waals surface area contributed by atoms with E-state index in [1.54, 1.807) is 6.92 Å². The lowest BCUT2D eigenvalue weighted by Gasteiger charge is -2.21. The number of rotatable bonds is 5. The van der Waals surface area contributed by atoms with Gasteiger partial charge in [0, 0.05) is 31.7 Å². The normalized spacial score (nSPS) is 15.6. The number of fused-ring (bicyclic) bond motifs is 1. The highest BCUT2D eigenvalue weighted by atomic mass is 16.5. The molecular formula is C14H21N3O3. The molecule has 1 aromatic heterocycles. The number of esters is 1. The summed E-state index contributed by atoms with van der Waals surface area (Å²) in [6.45, 7) is 7.97. The Morgan fingerprint density at radius 1 is 1.35 bits per heavy atom. The fourth-order valence-electron chi connectivity index (χ4n) is 2.24. The van der Waals surface area contributed by atoms with Crippen molar-refractivity contribution in [1.82, 2.24) is 15.3 Å². The van der Waals surface area contributed by atoms with Crippen LogP contribution in [0.25, 0.3) is 0 Å². The fraction of sp³-hybridized carbons (Fsp3) is 0.643. The molecule has 0 aliphatic carbocycles. The Morgan fingerprint density at radius 3 is 2.85 bits per heavy atom. The van der Waals surface area contributed by atoms with Crippen LogP contribution in [0.15, 0.2) is 0 Å². The van der Waals surface area contributed by atoms with Crippen LogP contribution in [-0.2, 0) is 22.4 Å². The summed E-state index contributed by atoms with van der Waals surface area (Å²) in [7, 11) is 0. The monoisotopic (exact) mass is 279 g/mol. The minimum atomic E-state index is -0.389. The van der Waals surface area contributed by atoms with Gasteiger partial charge in [-0.1, -0.05) is 0 Å². The van der Waals surface area contributed by atoms with Gasteiger partial charge in [-0.25, -0.2) is 14.8 Å². The molecule has 1 unspecified atom stereocenters. The first-order chi connectivity index (χ1) is 9.67. The van der Waals surface area contributed by atoms with Gasteiger partial charge < -0.3 is 14.8 Å². The lowest BCUT2D eigenvalue weighted by atomic mass is 10.0. The molecular weight excluding hydrogens is 258 g/mol. The topological polar surface area (TPSA) is 73.3 Å². The fourth-order valence-corrected chi connectivity index (χ4v) is 2.24. The van der Waals surface area contributed by atoms with E-state index in [9.17, 15) is 4.79 Å². The molecule has 0 saturated heterocycles. The number of hydrogen-bond donors (Lipinski definition) is 1. The SMILES string of the molecule is CCOC(=O)c1nc(C(C)OCC)nc2c1CNCC2. The van der Waals surface area contributed by atoms with Gasteiger partial charge in [-0.2, -0.15) is 0 Å². The Hall–Kier alpha value is -1.53. The van der Waals surface area contributed by atoms with Crippen LogP contribution in [0.2, 0.25) is 0 Å². The van der Waals surface area contributed by atoms with Gasteiger partial charge in [0.25, 0.3) is 0 Å².